The summed E-state index contributed by atoms with van der Waals surface area (Å²) in [6.45, 7) is 4.09. The summed E-state index contributed by atoms with van der Waals surface area (Å²) in [7, 11) is 0. The zero-order valence-corrected chi connectivity index (χ0v) is 16.6. The molecule has 2 aliphatic heterocycles. The van der Waals surface area contributed by atoms with Crippen LogP contribution in [0.4, 0.5) is 0 Å². The molecule has 3 heterocycles. The van der Waals surface area contributed by atoms with Gasteiger partial charge in [0.2, 0.25) is 5.91 Å². The van der Waals surface area contributed by atoms with E-state index in [-0.39, 0.29) is 5.41 Å². The highest BCUT2D eigenvalue weighted by Crippen LogP contribution is 2.40. The monoisotopic (exact) mass is 378 g/mol. The van der Waals surface area contributed by atoms with E-state index in [0.717, 1.165) is 38.2 Å². The van der Waals surface area contributed by atoms with Gasteiger partial charge in [-0.05, 0) is 49.8 Å². The van der Waals surface area contributed by atoms with Gasteiger partial charge < -0.3 is 9.88 Å². The number of rotatable bonds is 4. The normalized spacial score (nSPS) is 26.1. The molecule has 5 heteroatoms. The fourth-order valence-electron chi connectivity index (χ4n) is 5.67. The fraction of sp³-hybridized carbons (Fsp3) is 0.565. The van der Waals surface area contributed by atoms with E-state index in [0.29, 0.717) is 18.4 Å². The second-order valence-corrected chi connectivity index (χ2v) is 9.05. The van der Waals surface area contributed by atoms with E-state index in [4.69, 9.17) is 0 Å². The predicted molar refractivity (Wildman–Crippen MR) is 109 cm³/mol. The zero-order chi connectivity index (χ0) is 19.0. The number of fused-ring (bicyclic) bond motifs is 1. The molecule has 1 unspecified atom stereocenters. The quantitative estimate of drug-likeness (QED) is 0.890. The number of nitrogens with one attached hydrogen (secondary N) is 1. The summed E-state index contributed by atoms with van der Waals surface area (Å²) in [6, 6.07) is 9.58. The fourth-order valence-corrected chi connectivity index (χ4v) is 5.67. The Hall–Kier alpha value is -2.14. The van der Waals surface area contributed by atoms with Gasteiger partial charge in [0, 0.05) is 55.8 Å². The third-order valence-corrected chi connectivity index (χ3v) is 7.19. The van der Waals surface area contributed by atoms with Crippen LogP contribution in [0.1, 0.15) is 42.5 Å². The molecule has 5 rings (SSSR count). The molecule has 1 N–H and O–H groups in total. The van der Waals surface area contributed by atoms with E-state index >= 15 is 0 Å². The van der Waals surface area contributed by atoms with Gasteiger partial charge in [0.05, 0.1) is 6.33 Å². The van der Waals surface area contributed by atoms with E-state index in [2.05, 4.69) is 44.0 Å². The Labute approximate surface area is 167 Å². The third-order valence-electron chi connectivity index (χ3n) is 7.19. The van der Waals surface area contributed by atoms with Crippen LogP contribution in [0.3, 0.4) is 0 Å². The van der Waals surface area contributed by atoms with Crippen molar-refractivity contribution in [1.29, 1.82) is 0 Å². The van der Waals surface area contributed by atoms with Crippen LogP contribution in [0, 0.1) is 5.41 Å². The first kappa shape index (κ1) is 17.9. The highest BCUT2D eigenvalue weighted by molar-refractivity contribution is 5.77. The molecule has 148 valence electrons. The molecular formula is C23H30N4O. The highest BCUT2D eigenvalue weighted by atomic mass is 16.2. The number of hydrogen-bond acceptors (Lipinski definition) is 3. The molecule has 28 heavy (non-hydrogen) atoms. The number of amides is 1. The average molecular weight is 379 g/mol. The van der Waals surface area contributed by atoms with Gasteiger partial charge in [-0.3, -0.25) is 9.69 Å². The lowest BCUT2D eigenvalue weighted by molar-refractivity contribution is -0.139. The molecule has 2 fully saturated rings. The second kappa shape index (κ2) is 7.36. The molecule has 2 aromatic rings. The summed E-state index contributed by atoms with van der Waals surface area (Å²) < 4.78 is 0. The number of benzene rings is 1. The van der Waals surface area contributed by atoms with Crippen LogP contribution in [0.15, 0.2) is 36.8 Å². The lowest BCUT2D eigenvalue weighted by Gasteiger charge is -2.49. The van der Waals surface area contributed by atoms with E-state index in [9.17, 15) is 4.79 Å². The first-order valence-electron chi connectivity index (χ1n) is 10.8. The molecule has 1 aromatic heterocycles. The zero-order valence-electron chi connectivity index (χ0n) is 16.6. The Kier molecular flexibility index (Phi) is 4.71. The molecule has 1 atom stereocenters. The van der Waals surface area contributed by atoms with Crippen molar-refractivity contribution >= 4 is 5.91 Å². The van der Waals surface area contributed by atoms with Crippen LogP contribution < -0.4 is 0 Å². The molecule has 0 bridgehead atoms. The maximum absolute atomic E-state index is 12.6. The number of likely N-dealkylation sites (tertiary alicyclic amines) is 2. The minimum absolute atomic E-state index is 0.287. The predicted octanol–water partition coefficient (Wildman–Crippen LogP) is 2.82. The van der Waals surface area contributed by atoms with Crippen LogP contribution in [-0.4, -0.2) is 57.9 Å². The Morgan fingerprint density at radius 2 is 1.96 bits per heavy atom. The summed E-state index contributed by atoms with van der Waals surface area (Å²) >= 11 is 0. The molecule has 1 spiro atoms. The first-order chi connectivity index (χ1) is 13.7. The van der Waals surface area contributed by atoms with Gasteiger partial charge in [0.15, 0.2) is 0 Å². The van der Waals surface area contributed by atoms with Crippen LogP contribution in [0.5, 0.6) is 0 Å². The van der Waals surface area contributed by atoms with Crippen molar-refractivity contribution in [3.8, 4) is 0 Å². The first-order valence-corrected chi connectivity index (χ1v) is 10.8. The number of imidazole rings is 1. The summed E-state index contributed by atoms with van der Waals surface area (Å²) in [6.07, 6.45) is 11.1. The van der Waals surface area contributed by atoms with Gasteiger partial charge in [-0.2, -0.15) is 0 Å². The van der Waals surface area contributed by atoms with Crippen LogP contribution in [0.25, 0.3) is 0 Å². The number of carbonyl (C=O) groups is 1. The number of nitrogens with zero attached hydrogens (tertiary/aromatic N) is 3. The third kappa shape index (κ3) is 3.48. The summed E-state index contributed by atoms with van der Waals surface area (Å²) in [4.78, 5) is 24.7. The molecule has 5 nitrogen and oxygen atoms in total. The molecule has 3 aliphatic rings. The smallest absolute Gasteiger partial charge is 0.222 e. The van der Waals surface area contributed by atoms with Crippen molar-refractivity contribution in [2.24, 2.45) is 5.41 Å². The summed E-state index contributed by atoms with van der Waals surface area (Å²) in [5.41, 5.74) is 4.47. The number of H-pyrrole nitrogens is 1. The number of piperidine rings is 2. The lowest BCUT2D eigenvalue weighted by atomic mass is 9.73. The van der Waals surface area contributed by atoms with E-state index in [1.165, 1.54) is 43.4 Å². The van der Waals surface area contributed by atoms with Crippen molar-refractivity contribution in [3.63, 3.8) is 0 Å². The maximum atomic E-state index is 12.6. The molecule has 0 radical (unpaired) electrons. The van der Waals surface area contributed by atoms with Crippen molar-refractivity contribution in [2.45, 2.75) is 51.0 Å². The summed E-state index contributed by atoms with van der Waals surface area (Å²) in [5, 5.41) is 0. The standard InChI is InChI=1S/C23H30N4O/c28-22-6-9-23(16-27(22)11-7-20-14-24-17-25-20)8-3-10-26(15-23)21-12-18-4-1-2-5-19(18)13-21/h1-2,4-5,14,17,21H,3,6-13,15-16H2,(H,24,25). The number of carbonyl (C=O) groups excluding carboxylic acids is 1. The molecule has 1 amide bonds. The number of aromatic amines is 1. The van der Waals surface area contributed by atoms with E-state index < -0.39 is 0 Å². The van der Waals surface area contributed by atoms with E-state index in [1.54, 1.807) is 6.33 Å². The Balaban J connectivity index is 1.25. The SMILES string of the molecule is O=C1CCC2(CCCN(C3Cc4ccccc4C3)C2)CN1CCc1cnc[nH]1. The molecule has 1 aromatic carbocycles. The molecule has 2 saturated heterocycles. The minimum Gasteiger partial charge on any atom is -0.348 e. The Morgan fingerprint density at radius 1 is 1.14 bits per heavy atom. The van der Waals surface area contributed by atoms with Crippen molar-refractivity contribution < 1.29 is 4.79 Å². The van der Waals surface area contributed by atoms with Gasteiger partial charge in [0.25, 0.3) is 0 Å². The van der Waals surface area contributed by atoms with Gasteiger partial charge in [-0.1, -0.05) is 24.3 Å². The minimum atomic E-state index is 0.287. The maximum Gasteiger partial charge on any atom is 0.222 e. The summed E-state index contributed by atoms with van der Waals surface area (Å²) in [5.74, 6) is 0.329. The van der Waals surface area contributed by atoms with Crippen LogP contribution >= 0.6 is 0 Å². The van der Waals surface area contributed by atoms with Crippen molar-refractivity contribution in [1.82, 2.24) is 19.8 Å². The van der Waals surface area contributed by atoms with Crippen molar-refractivity contribution in [3.05, 3.63) is 53.6 Å². The van der Waals surface area contributed by atoms with Crippen LogP contribution in [-0.2, 0) is 24.1 Å². The lowest BCUT2D eigenvalue weighted by Crippen LogP contribution is -2.56. The highest BCUT2D eigenvalue weighted by Gasteiger charge is 2.43. The number of hydrogen-bond donors (Lipinski definition) is 1. The largest absolute Gasteiger partial charge is 0.348 e. The average Bonchev–Trinajstić information content (AvgIpc) is 3.38. The van der Waals surface area contributed by atoms with E-state index in [1.807, 2.05) is 6.20 Å². The Bertz CT molecular complexity index is 808. The second-order valence-electron chi connectivity index (χ2n) is 9.05. The number of aromatic nitrogens is 2. The van der Waals surface area contributed by atoms with Gasteiger partial charge in [-0.15, -0.1) is 0 Å². The molecule has 0 saturated carbocycles. The van der Waals surface area contributed by atoms with Crippen LogP contribution in [0.2, 0.25) is 0 Å². The van der Waals surface area contributed by atoms with Gasteiger partial charge >= 0.3 is 0 Å². The topological polar surface area (TPSA) is 52.2 Å². The Morgan fingerprint density at radius 3 is 2.71 bits per heavy atom. The van der Waals surface area contributed by atoms with Gasteiger partial charge in [0.1, 0.15) is 0 Å². The molecular weight excluding hydrogens is 348 g/mol. The van der Waals surface area contributed by atoms with Gasteiger partial charge in [-0.25, -0.2) is 4.98 Å². The van der Waals surface area contributed by atoms with Crippen molar-refractivity contribution in [2.75, 3.05) is 26.2 Å². The molecule has 1 aliphatic carbocycles.